The van der Waals surface area contributed by atoms with Crippen molar-refractivity contribution in [3.8, 4) is 0 Å². The normalized spacial score (nSPS) is 9.77. The van der Waals surface area contributed by atoms with Gasteiger partial charge >= 0.3 is 0 Å². The highest BCUT2D eigenvalue weighted by Crippen LogP contribution is 2.23. The van der Waals surface area contributed by atoms with Gasteiger partial charge in [0.1, 0.15) is 0 Å². The highest BCUT2D eigenvalue weighted by Gasteiger charge is 2.02. The van der Waals surface area contributed by atoms with Crippen LogP contribution in [0.2, 0.25) is 0 Å². The summed E-state index contributed by atoms with van der Waals surface area (Å²) < 4.78 is 0. The molecular weight excluding hydrogens is 170 g/mol. The molecule has 0 fully saturated rings. The molecular formula is C8H13N3O2. The molecule has 0 spiro atoms. The van der Waals surface area contributed by atoms with Crippen molar-refractivity contribution in [1.82, 2.24) is 0 Å². The number of anilines is 3. The maximum atomic E-state index is 8.68. The topological polar surface area (TPSA) is 81.8 Å². The minimum Gasteiger partial charge on any atom is -0.397 e. The summed E-state index contributed by atoms with van der Waals surface area (Å²) in [6, 6.07) is 4.71. The SMILES string of the molecule is CCNc1ccc(N(O)O)cc1N. The minimum atomic E-state index is 0.0338. The van der Waals surface area contributed by atoms with Crippen LogP contribution in [0.15, 0.2) is 18.2 Å². The van der Waals surface area contributed by atoms with Crippen LogP contribution in [0.4, 0.5) is 17.1 Å². The van der Waals surface area contributed by atoms with E-state index in [0.29, 0.717) is 5.69 Å². The number of nitrogens with two attached hydrogens (primary N) is 1. The molecule has 0 bridgehead atoms. The number of nitrogen functional groups attached to an aromatic ring is 1. The lowest BCUT2D eigenvalue weighted by Crippen LogP contribution is -2.11. The standard InChI is InChI=1S/C8H13N3O2/c1-2-10-8-4-3-6(11(12)13)5-7(8)9/h3-5,10,12-13H,2,9H2,1H3. The molecule has 0 aliphatic heterocycles. The summed E-state index contributed by atoms with van der Waals surface area (Å²) in [5, 5.41) is 20.4. The summed E-state index contributed by atoms with van der Waals surface area (Å²) in [5.74, 6) is 0. The van der Waals surface area contributed by atoms with Gasteiger partial charge in [0, 0.05) is 6.54 Å². The van der Waals surface area contributed by atoms with Gasteiger partial charge in [-0.05, 0) is 25.1 Å². The lowest BCUT2D eigenvalue weighted by Gasteiger charge is -2.11. The van der Waals surface area contributed by atoms with Gasteiger partial charge in [-0.2, -0.15) is 0 Å². The Kier molecular flexibility index (Phi) is 2.94. The average molecular weight is 183 g/mol. The van der Waals surface area contributed by atoms with Crippen LogP contribution < -0.4 is 16.3 Å². The fraction of sp³-hybridized carbons (Fsp3) is 0.250. The summed E-state index contributed by atoms with van der Waals surface area (Å²) in [7, 11) is 0. The largest absolute Gasteiger partial charge is 0.397 e. The van der Waals surface area contributed by atoms with Crippen LogP contribution in [0.3, 0.4) is 0 Å². The van der Waals surface area contributed by atoms with Crippen molar-refractivity contribution in [3.05, 3.63) is 18.2 Å². The zero-order valence-corrected chi connectivity index (χ0v) is 7.36. The Bertz CT molecular complexity index is 289. The van der Waals surface area contributed by atoms with Gasteiger partial charge in [-0.1, -0.05) is 0 Å². The van der Waals surface area contributed by atoms with E-state index in [-0.39, 0.29) is 10.9 Å². The monoisotopic (exact) mass is 183 g/mol. The van der Waals surface area contributed by atoms with Gasteiger partial charge < -0.3 is 11.1 Å². The van der Waals surface area contributed by atoms with Gasteiger partial charge in [-0.15, -0.1) is 5.23 Å². The van der Waals surface area contributed by atoms with Crippen LogP contribution in [0.5, 0.6) is 0 Å². The van der Waals surface area contributed by atoms with Crippen molar-refractivity contribution in [2.75, 3.05) is 22.8 Å². The molecule has 0 amide bonds. The first kappa shape index (κ1) is 9.63. The summed E-state index contributed by atoms with van der Waals surface area (Å²) in [6.45, 7) is 2.73. The van der Waals surface area contributed by atoms with E-state index in [2.05, 4.69) is 5.32 Å². The molecule has 0 radical (unpaired) electrons. The van der Waals surface area contributed by atoms with Crippen LogP contribution in [-0.4, -0.2) is 17.0 Å². The van der Waals surface area contributed by atoms with Gasteiger partial charge in [-0.25, -0.2) is 0 Å². The lowest BCUT2D eigenvalue weighted by atomic mass is 10.2. The van der Waals surface area contributed by atoms with Crippen molar-refractivity contribution in [2.24, 2.45) is 0 Å². The van der Waals surface area contributed by atoms with Gasteiger partial charge in [0.2, 0.25) is 0 Å². The molecule has 1 aromatic carbocycles. The first-order valence-corrected chi connectivity index (χ1v) is 3.96. The molecule has 0 saturated carbocycles. The number of hydrogen-bond donors (Lipinski definition) is 4. The second-order valence-corrected chi connectivity index (χ2v) is 2.59. The van der Waals surface area contributed by atoms with Gasteiger partial charge in [0.05, 0.1) is 17.1 Å². The van der Waals surface area contributed by atoms with E-state index in [4.69, 9.17) is 16.1 Å². The molecule has 0 aliphatic carbocycles. The van der Waals surface area contributed by atoms with E-state index in [0.717, 1.165) is 12.2 Å². The molecule has 0 aromatic heterocycles. The second kappa shape index (κ2) is 3.97. The van der Waals surface area contributed by atoms with Crippen molar-refractivity contribution in [3.63, 3.8) is 0 Å². The van der Waals surface area contributed by atoms with Crippen LogP contribution in [-0.2, 0) is 0 Å². The first-order chi connectivity index (χ1) is 6.15. The third kappa shape index (κ3) is 2.24. The number of nitrogens with zero attached hydrogens (tertiary/aromatic N) is 1. The maximum Gasteiger partial charge on any atom is 0.0964 e. The fourth-order valence-electron chi connectivity index (χ4n) is 1.03. The van der Waals surface area contributed by atoms with Crippen LogP contribution >= 0.6 is 0 Å². The molecule has 0 atom stereocenters. The molecule has 72 valence electrons. The van der Waals surface area contributed by atoms with Crippen LogP contribution in [0.25, 0.3) is 0 Å². The summed E-state index contributed by atoms with van der Waals surface area (Å²) in [5.41, 5.74) is 7.13. The number of rotatable bonds is 3. The zero-order valence-electron chi connectivity index (χ0n) is 7.36. The third-order valence-corrected chi connectivity index (χ3v) is 1.63. The smallest absolute Gasteiger partial charge is 0.0964 e. The Balaban J connectivity index is 2.92. The Hall–Kier alpha value is -1.46. The van der Waals surface area contributed by atoms with Gasteiger partial charge in [0.25, 0.3) is 0 Å². The minimum absolute atomic E-state index is 0.0338. The summed E-state index contributed by atoms with van der Waals surface area (Å²) >= 11 is 0. The van der Waals surface area contributed by atoms with Crippen molar-refractivity contribution < 1.29 is 10.4 Å². The second-order valence-electron chi connectivity index (χ2n) is 2.59. The molecule has 5 nitrogen and oxygen atoms in total. The fourth-order valence-corrected chi connectivity index (χ4v) is 1.03. The molecule has 0 heterocycles. The van der Waals surface area contributed by atoms with E-state index in [1.54, 1.807) is 12.1 Å². The Morgan fingerprint density at radius 3 is 2.62 bits per heavy atom. The van der Waals surface area contributed by atoms with Gasteiger partial charge in [-0.3, -0.25) is 10.4 Å². The molecule has 5 N–H and O–H groups in total. The molecule has 1 rings (SSSR count). The Morgan fingerprint density at radius 1 is 1.46 bits per heavy atom. The van der Waals surface area contributed by atoms with Gasteiger partial charge in [0.15, 0.2) is 0 Å². The van der Waals surface area contributed by atoms with Crippen molar-refractivity contribution in [1.29, 1.82) is 0 Å². The number of benzene rings is 1. The maximum absolute atomic E-state index is 8.68. The van der Waals surface area contributed by atoms with E-state index in [1.807, 2.05) is 6.92 Å². The summed E-state index contributed by atoms with van der Waals surface area (Å²) in [6.07, 6.45) is 0. The quantitative estimate of drug-likeness (QED) is 0.419. The predicted molar refractivity (Wildman–Crippen MR) is 51.1 cm³/mol. The summed E-state index contributed by atoms with van der Waals surface area (Å²) in [4.78, 5) is 0. The number of nitrogens with one attached hydrogen (secondary N) is 1. The molecule has 1 aromatic rings. The third-order valence-electron chi connectivity index (χ3n) is 1.63. The van der Waals surface area contributed by atoms with E-state index >= 15 is 0 Å². The first-order valence-electron chi connectivity index (χ1n) is 3.96. The van der Waals surface area contributed by atoms with E-state index in [9.17, 15) is 0 Å². The molecule has 5 heteroatoms. The number of hydrogen-bond acceptors (Lipinski definition) is 5. The van der Waals surface area contributed by atoms with Crippen LogP contribution in [0, 0.1) is 0 Å². The van der Waals surface area contributed by atoms with Crippen molar-refractivity contribution >= 4 is 17.1 Å². The Morgan fingerprint density at radius 2 is 2.15 bits per heavy atom. The highest BCUT2D eigenvalue weighted by atomic mass is 16.8. The van der Waals surface area contributed by atoms with E-state index in [1.165, 1.54) is 6.07 Å². The lowest BCUT2D eigenvalue weighted by molar-refractivity contribution is 0.0292. The molecule has 13 heavy (non-hydrogen) atoms. The molecule has 0 aliphatic rings. The predicted octanol–water partition coefficient (Wildman–Crippen LogP) is 1.29. The van der Waals surface area contributed by atoms with Crippen molar-refractivity contribution in [2.45, 2.75) is 6.92 Å². The average Bonchev–Trinajstić information content (AvgIpc) is 2.08. The van der Waals surface area contributed by atoms with Crippen LogP contribution in [0.1, 0.15) is 6.92 Å². The molecule has 0 saturated heterocycles. The van der Waals surface area contributed by atoms with E-state index < -0.39 is 0 Å². The zero-order chi connectivity index (χ0) is 9.84. The Labute approximate surface area is 76.3 Å². The molecule has 0 unspecified atom stereocenters. The highest BCUT2D eigenvalue weighted by molar-refractivity contribution is 5.71.